The van der Waals surface area contributed by atoms with Crippen molar-refractivity contribution in [1.82, 2.24) is 10.6 Å². The predicted octanol–water partition coefficient (Wildman–Crippen LogP) is 25.9. The van der Waals surface area contributed by atoms with E-state index in [2.05, 4.69) is 71.8 Å². The fourth-order valence-corrected chi connectivity index (χ4v) is 18.2. The van der Waals surface area contributed by atoms with Crippen LogP contribution >= 0.6 is 0 Å². The second-order valence-electron chi connectivity index (χ2n) is 36.8. The Kier molecular flexibility index (Phi) is 41.5. The Labute approximate surface area is 882 Å². The van der Waals surface area contributed by atoms with Crippen molar-refractivity contribution in [3.05, 3.63) is 415 Å². The monoisotopic (exact) mass is 2010 g/mol. The highest BCUT2D eigenvalue weighted by atomic mass is 16.7. The van der Waals surface area contributed by atoms with Gasteiger partial charge in [0.1, 0.15) is 45.7 Å². The van der Waals surface area contributed by atoms with Crippen LogP contribution in [0.2, 0.25) is 0 Å². The minimum atomic E-state index is -1.09. The molecule has 13 aromatic carbocycles. The molecule has 2 heterocycles. The third-order valence-electron chi connectivity index (χ3n) is 26.2. The number of methoxy groups -OCH3 is 4. The molecule has 0 aromatic heterocycles. The third-order valence-corrected chi connectivity index (χ3v) is 26.2. The van der Waals surface area contributed by atoms with Crippen molar-refractivity contribution in [2.24, 2.45) is 0 Å². The zero-order valence-corrected chi connectivity index (χ0v) is 86.6. The predicted molar refractivity (Wildman–Crippen MR) is 584 cm³/mol. The molecule has 150 heavy (non-hydrogen) atoms. The molecule has 2 N–H and O–H groups in total. The highest BCUT2D eigenvalue weighted by molar-refractivity contribution is 6.01. The van der Waals surface area contributed by atoms with Crippen LogP contribution in [-0.2, 0) is 39.6 Å². The third kappa shape index (κ3) is 30.0. The highest BCUT2D eigenvalue weighted by Gasteiger charge is 2.41. The number of esters is 2. The van der Waals surface area contributed by atoms with Crippen LogP contribution in [0.15, 0.2) is 303 Å². The molecular formula is C130H132N2O18. The second-order valence-corrected chi connectivity index (χ2v) is 36.8. The molecule has 0 aliphatic carbocycles. The van der Waals surface area contributed by atoms with Crippen LogP contribution in [-0.4, -0.2) is 118 Å². The van der Waals surface area contributed by atoms with E-state index in [1.54, 1.807) is 101 Å². The lowest BCUT2D eigenvalue weighted by atomic mass is 9.80. The first-order chi connectivity index (χ1) is 73.8. The molecule has 2 amide bonds. The average molecular weight is 2010 g/mol. The lowest BCUT2D eigenvalue weighted by Gasteiger charge is -2.36. The molecule has 0 unspecified atom stereocenters. The molecule has 2 fully saturated rings. The van der Waals surface area contributed by atoms with Gasteiger partial charge >= 0.3 is 11.9 Å². The number of unbranched alkanes of at least 4 members (excludes halogenated alkanes) is 14. The molecule has 770 valence electrons. The maximum absolute atomic E-state index is 15.1. The van der Waals surface area contributed by atoms with Crippen molar-refractivity contribution in [2.75, 3.05) is 94.4 Å². The topological polar surface area (TPSA) is 222 Å². The lowest BCUT2D eigenvalue weighted by Crippen LogP contribution is -2.34. The smallest absolute Gasteiger partial charge is 0.343 e. The van der Waals surface area contributed by atoms with Crippen LogP contribution in [0.25, 0.3) is 0 Å². The van der Waals surface area contributed by atoms with Crippen molar-refractivity contribution in [2.45, 2.75) is 166 Å². The second kappa shape index (κ2) is 57.2. The molecular weight excluding hydrogens is 1880 g/mol. The van der Waals surface area contributed by atoms with Gasteiger partial charge in [-0.2, -0.15) is 0 Å². The summed E-state index contributed by atoms with van der Waals surface area (Å²) >= 11 is 0. The highest BCUT2D eigenvalue weighted by Crippen LogP contribution is 2.46. The van der Waals surface area contributed by atoms with Crippen molar-refractivity contribution in [3.63, 3.8) is 0 Å². The van der Waals surface area contributed by atoms with E-state index in [1.807, 2.05) is 231 Å². The SMILES string of the molecule is CCCCCCCCCCOc1cc(C#Cc2ccc(C#Cc3cc(C(=O)NCCCOC(c4ccccc4)(c4ccc(OC)cc4)c4ccc(OC)cc4)c(OC(=O)c4ccccc4)c(C4OCCCO4)c3)cc2)c(OCCCCCCCCCC)cc1C#Cc1ccc(C#Cc2cc(C(=O)NCCCOC(c3ccccc3)(c3ccc(OC)cc3)c3ccc(OC)cc3)c(OC(=O)c3ccccc3)c(C3OCCCO3)c2)cc1. The van der Waals surface area contributed by atoms with E-state index in [4.69, 9.17) is 66.3 Å². The Morgan fingerprint density at radius 1 is 0.300 bits per heavy atom. The molecule has 15 rings (SSSR count). The Morgan fingerprint density at radius 2 is 0.580 bits per heavy atom. The first-order valence-electron chi connectivity index (χ1n) is 52.4. The van der Waals surface area contributed by atoms with Gasteiger partial charge in [0.05, 0.1) is 126 Å². The Hall–Kier alpha value is -15.5. The maximum atomic E-state index is 15.1. The summed E-state index contributed by atoms with van der Waals surface area (Å²) in [6.45, 7) is 7.63. The summed E-state index contributed by atoms with van der Waals surface area (Å²) in [5.41, 5.74) is 9.36. The molecule has 0 bridgehead atoms. The normalized spacial score (nSPS) is 12.5. The van der Waals surface area contributed by atoms with Crippen LogP contribution in [0, 0.1) is 47.4 Å². The van der Waals surface area contributed by atoms with Gasteiger partial charge in [-0.25, -0.2) is 9.59 Å². The van der Waals surface area contributed by atoms with Crippen LogP contribution in [0.4, 0.5) is 0 Å². The number of carbonyl (C=O) groups is 4. The zero-order valence-electron chi connectivity index (χ0n) is 86.6. The van der Waals surface area contributed by atoms with E-state index in [-0.39, 0.29) is 60.1 Å². The molecule has 13 aromatic rings. The molecule has 0 radical (unpaired) electrons. The summed E-state index contributed by atoms with van der Waals surface area (Å²) < 4.78 is 87.8. The summed E-state index contributed by atoms with van der Waals surface area (Å²) in [5.74, 6) is 28.7. The number of amides is 2. The minimum Gasteiger partial charge on any atom is -0.497 e. The van der Waals surface area contributed by atoms with Gasteiger partial charge in [-0.1, -0.05) is 297 Å². The summed E-state index contributed by atoms with van der Waals surface area (Å²) in [7, 11) is 6.54. The first kappa shape index (κ1) is 109. The molecule has 20 heteroatoms. The van der Waals surface area contributed by atoms with Crippen molar-refractivity contribution < 1.29 is 85.5 Å². The number of hydrogen-bond donors (Lipinski definition) is 2. The summed E-state index contributed by atoms with van der Waals surface area (Å²) in [4.78, 5) is 58.5. The molecule has 2 aliphatic heterocycles. The number of hydrogen-bond acceptors (Lipinski definition) is 18. The van der Waals surface area contributed by atoms with Gasteiger partial charge in [-0.15, -0.1) is 0 Å². The van der Waals surface area contributed by atoms with Gasteiger partial charge in [-0.05, 0) is 217 Å². The minimum absolute atomic E-state index is 0.0128. The van der Waals surface area contributed by atoms with E-state index in [0.29, 0.717) is 144 Å². The van der Waals surface area contributed by atoms with E-state index < -0.39 is 47.5 Å². The number of ether oxygens (including phenoxy) is 14. The Balaban J connectivity index is 0.700. The molecule has 0 spiro atoms. The van der Waals surface area contributed by atoms with Crippen molar-refractivity contribution >= 4 is 23.8 Å². The van der Waals surface area contributed by atoms with Crippen LogP contribution in [0.3, 0.4) is 0 Å². The average Bonchev–Trinajstić information content (AvgIpc) is 0.754. The number of nitrogens with one attached hydrogen (secondary N) is 2. The summed E-state index contributed by atoms with van der Waals surface area (Å²) in [6.07, 6.45) is 18.2. The van der Waals surface area contributed by atoms with E-state index >= 15 is 9.59 Å². The lowest BCUT2D eigenvalue weighted by molar-refractivity contribution is -0.183. The number of carbonyl (C=O) groups excluding carboxylic acids is 4. The molecule has 0 saturated carbocycles. The van der Waals surface area contributed by atoms with Gasteiger partial charge < -0.3 is 76.9 Å². The Bertz CT molecular complexity index is 6300. The number of benzene rings is 13. The molecule has 20 nitrogen and oxygen atoms in total. The number of rotatable bonds is 48. The van der Waals surface area contributed by atoms with Crippen molar-refractivity contribution in [1.29, 1.82) is 0 Å². The van der Waals surface area contributed by atoms with E-state index in [0.717, 1.165) is 83.0 Å². The van der Waals surface area contributed by atoms with Gasteiger partial charge in [-0.3, -0.25) is 9.59 Å². The van der Waals surface area contributed by atoms with Gasteiger partial charge in [0.2, 0.25) is 0 Å². The summed E-state index contributed by atoms with van der Waals surface area (Å²) in [5, 5.41) is 6.24. The largest absolute Gasteiger partial charge is 0.497 e. The van der Waals surface area contributed by atoms with Crippen LogP contribution in [0.5, 0.6) is 46.0 Å². The van der Waals surface area contributed by atoms with Gasteiger partial charge in [0.15, 0.2) is 24.1 Å². The standard InChI is InChI=1S/C130H132N2O18/c1-7-9-11-13-15-17-19-33-81-141-119-93-104(62-60-98-53-49-96(50-54-98)56-58-100-90-116(122(118(92-100)128-145-85-38-86-146-128)150-126(136)102-41-27-22-28-42-102)124(134)132-80-36-88-148-130(106-45-31-24-32-46-106,109-67-75-113(139-5)76-68-109)110-69-77-114(140-6)78-70-110)120(142-82-34-20-18-16-14-12-10-8-2)94-103(119)61-59-97-51-47-95(48-52-97)55-57-99-89-115(121(117(91-99)127-143-83-37-84-144-127)149-125(135)101-39-25-21-26-40-101)123(133)131-79-35-87-147-129(105-43-29-23-30-44-105,107-63-71-111(137-3)72-64-107)108-65-73-112(138-4)74-66-108/h21-32,39-54,63-78,89-94,127-128H,7-20,33-38,79-88H2,1-6H3,(H,131,133)(H,132,134). The quantitative estimate of drug-likeness (QED) is 0.0119. The Morgan fingerprint density at radius 3 is 0.887 bits per heavy atom. The zero-order chi connectivity index (χ0) is 104. The van der Waals surface area contributed by atoms with Gasteiger partial charge in [0.25, 0.3) is 11.8 Å². The molecule has 0 atom stereocenters. The first-order valence-corrected chi connectivity index (χ1v) is 52.4. The fourth-order valence-electron chi connectivity index (χ4n) is 18.2. The van der Waals surface area contributed by atoms with E-state index in [1.165, 1.54) is 64.2 Å². The van der Waals surface area contributed by atoms with E-state index in [9.17, 15) is 9.59 Å². The molecule has 2 saturated heterocycles. The van der Waals surface area contributed by atoms with Crippen LogP contribution < -0.4 is 48.5 Å². The fraction of sp³-hybridized carbons (Fsp3) is 0.308. The van der Waals surface area contributed by atoms with Crippen LogP contribution in [0.1, 0.15) is 285 Å². The maximum Gasteiger partial charge on any atom is 0.343 e. The van der Waals surface area contributed by atoms with Gasteiger partial charge in [0, 0.05) is 58.6 Å². The summed E-state index contributed by atoms with van der Waals surface area (Å²) in [6, 6.07) is 94.5. The van der Waals surface area contributed by atoms with Crippen molar-refractivity contribution in [3.8, 4) is 93.4 Å². The molecule has 2 aliphatic rings.